The summed E-state index contributed by atoms with van der Waals surface area (Å²) >= 11 is 5.84. The van der Waals surface area contributed by atoms with E-state index in [0.29, 0.717) is 0 Å². The van der Waals surface area contributed by atoms with E-state index in [2.05, 4.69) is 10.0 Å². The zero-order valence-electron chi connectivity index (χ0n) is 11.5. The fourth-order valence-corrected chi connectivity index (χ4v) is 3.04. The van der Waals surface area contributed by atoms with Crippen LogP contribution in [-0.4, -0.2) is 19.4 Å². The quantitative estimate of drug-likeness (QED) is 0.589. The lowest BCUT2D eigenvalue weighted by Gasteiger charge is -2.12. The topological polar surface area (TPSA) is 95.5 Å². The second kappa shape index (κ2) is 6.25. The van der Waals surface area contributed by atoms with Gasteiger partial charge in [0.2, 0.25) is 5.91 Å². The molecule has 0 spiro atoms. The average Bonchev–Trinajstić information content (AvgIpc) is 2.44. The first kappa shape index (κ1) is 16.1. The zero-order valence-corrected chi connectivity index (χ0v) is 13.1. The van der Waals surface area contributed by atoms with Crippen molar-refractivity contribution in [2.24, 2.45) is 0 Å². The van der Waals surface area contributed by atoms with Crippen LogP contribution >= 0.6 is 11.6 Å². The molecule has 0 aliphatic rings. The van der Waals surface area contributed by atoms with Crippen LogP contribution in [0.3, 0.4) is 0 Å². The Balaban J connectivity index is 2.38. The summed E-state index contributed by atoms with van der Waals surface area (Å²) in [5, 5.41) is 12.0. The van der Waals surface area contributed by atoms with Crippen molar-refractivity contribution in [2.45, 2.75) is 11.8 Å². The first-order chi connectivity index (χ1) is 10.3. The summed E-state index contributed by atoms with van der Waals surface area (Å²) in [5.41, 5.74) is 0.140. The molecule has 1 amide bonds. The van der Waals surface area contributed by atoms with Gasteiger partial charge in [-0.2, -0.15) is 0 Å². The number of halogens is 1. The van der Waals surface area contributed by atoms with E-state index in [0.717, 1.165) is 0 Å². The molecule has 0 saturated heterocycles. The molecule has 0 heterocycles. The fraction of sp³-hybridized carbons (Fsp3) is 0.0714. The lowest BCUT2D eigenvalue weighted by atomic mass is 10.2. The molecule has 0 radical (unpaired) electrons. The average molecular weight is 341 g/mol. The first-order valence-corrected chi connectivity index (χ1v) is 8.03. The van der Waals surface area contributed by atoms with E-state index in [1.807, 2.05) is 0 Å². The van der Waals surface area contributed by atoms with Gasteiger partial charge in [0.1, 0.15) is 0 Å². The summed E-state index contributed by atoms with van der Waals surface area (Å²) in [7, 11) is -3.79. The van der Waals surface area contributed by atoms with Gasteiger partial charge in [-0.3, -0.25) is 9.52 Å². The number of amides is 1. The standard InChI is InChI=1S/C14H13ClN2O4S/c1-9(18)16-13-8-10(7-12(15)14(13)19)17-22(20,21)11-5-3-2-4-6-11/h2-8,17,19H,1H3,(H,16,18). The highest BCUT2D eigenvalue weighted by atomic mass is 35.5. The molecule has 0 saturated carbocycles. The molecule has 2 aromatic rings. The number of anilines is 2. The van der Waals surface area contributed by atoms with E-state index in [-0.39, 0.29) is 27.0 Å². The number of aromatic hydroxyl groups is 1. The predicted molar refractivity (Wildman–Crippen MR) is 84.7 cm³/mol. The minimum Gasteiger partial charge on any atom is -0.504 e. The van der Waals surface area contributed by atoms with Crippen LogP contribution in [0.25, 0.3) is 0 Å². The van der Waals surface area contributed by atoms with Gasteiger partial charge in [0, 0.05) is 6.92 Å². The van der Waals surface area contributed by atoms with Gasteiger partial charge in [-0.05, 0) is 24.3 Å². The molecular formula is C14H13ClN2O4S. The lowest BCUT2D eigenvalue weighted by Crippen LogP contribution is -2.13. The molecule has 0 unspecified atom stereocenters. The van der Waals surface area contributed by atoms with E-state index in [1.54, 1.807) is 18.2 Å². The molecule has 116 valence electrons. The second-order valence-electron chi connectivity index (χ2n) is 4.45. The number of phenolic OH excluding ortho intramolecular Hbond substituents is 1. The molecular weight excluding hydrogens is 328 g/mol. The van der Waals surface area contributed by atoms with Crippen LogP contribution in [0.5, 0.6) is 5.75 Å². The third-order valence-electron chi connectivity index (χ3n) is 2.68. The van der Waals surface area contributed by atoms with Crippen LogP contribution in [0.15, 0.2) is 47.4 Å². The fourth-order valence-electron chi connectivity index (χ4n) is 1.76. The number of sulfonamides is 1. The minimum atomic E-state index is -3.79. The van der Waals surface area contributed by atoms with E-state index in [4.69, 9.17) is 11.6 Å². The maximum Gasteiger partial charge on any atom is 0.261 e. The van der Waals surface area contributed by atoms with Crippen molar-refractivity contribution in [2.75, 3.05) is 10.0 Å². The van der Waals surface area contributed by atoms with Gasteiger partial charge in [-0.1, -0.05) is 29.8 Å². The molecule has 8 heteroatoms. The number of benzene rings is 2. The van der Waals surface area contributed by atoms with Crippen molar-refractivity contribution < 1.29 is 18.3 Å². The largest absolute Gasteiger partial charge is 0.504 e. The number of rotatable bonds is 4. The van der Waals surface area contributed by atoms with Crippen LogP contribution in [0.4, 0.5) is 11.4 Å². The first-order valence-electron chi connectivity index (χ1n) is 6.17. The Morgan fingerprint density at radius 1 is 1.18 bits per heavy atom. The van der Waals surface area contributed by atoms with Crippen molar-refractivity contribution in [1.29, 1.82) is 0 Å². The molecule has 2 aromatic carbocycles. The number of nitrogens with one attached hydrogen (secondary N) is 2. The van der Waals surface area contributed by atoms with E-state index in [1.165, 1.54) is 31.2 Å². The van der Waals surface area contributed by atoms with E-state index in [9.17, 15) is 18.3 Å². The second-order valence-corrected chi connectivity index (χ2v) is 6.54. The minimum absolute atomic E-state index is 0.0192. The highest BCUT2D eigenvalue weighted by molar-refractivity contribution is 7.92. The summed E-state index contributed by atoms with van der Waals surface area (Å²) in [6, 6.07) is 10.3. The highest BCUT2D eigenvalue weighted by Gasteiger charge is 2.16. The van der Waals surface area contributed by atoms with Crippen molar-refractivity contribution in [3.8, 4) is 5.75 Å². The van der Waals surface area contributed by atoms with Gasteiger partial charge >= 0.3 is 0 Å². The van der Waals surface area contributed by atoms with Crippen LogP contribution < -0.4 is 10.0 Å². The van der Waals surface area contributed by atoms with Crippen LogP contribution in [0.1, 0.15) is 6.92 Å². The van der Waals surface area contributed by atoms with E-state index < -0.39 is 15.9 Å². The third kappa shape index (κ3) is 3.69. The molecule has 0 aromatic heterocycles. The SMILES string of the molecule is CC(=O)Nc1cc(NS(=O)(=O)c2ccccc2)cc(Cl)c1O. The molecule has 0 bridgehead atoms. The Bertz CT molecular complexity index is 807. The number of hydrogen-bond donors (Lipinski definition) is 3. The Labute approximate surface area is 132 Å². The summed E-state index contributed by atoms with van der Waals surface area (Å²) < 4.78 is 26.8. The zero-order chi connectivity index (χ0) is 16.3. The van der Waals surface area contributed by atoms with Gasteiger partial charge in [0.25, 0.3) is 10.0 Å². The summed E-state index contributed by atoms with van der Waals surface area (Å²) in [6.45, 7) is 1.26. The summed E-state index contributed by atoms with van der Waals surface area (Å²) in [4.78, 5) is 11.2. The molecule has 0 fully saturated rings. The van der Waals surface area contributed by atoms with Crippen LogP contribution in [-0.2, 0) is 14.8 Å². The van der Waals surface area contributed by atoms with Crippen molar-refractivity contribution in [1.82, 2.24) is 0 Å². The molecule has 0 atom stereocenters. The lowest BCUT2D eigenvalue weighted by molar-refractivity contribution is -0.114. The van der Waals surface area contributed by atoms with E-state index >= 15 is 0 Å². The normalized spacial score (nSPS) is 11.0. The molecule has 2 rings (SSSR count). The van der Waals surface area contributed by atoms with Crippen molar-refractivity contribution in [3.63, 3.8) is 0 Å². The molecule has 0 aliphatic heterocycles. The van der Waals surface area contributed by atoms with Gasteiger partial charge in [-0.25, -0.2) is 8.42 Å². The Morgan fingerprint density at radius 3 is 2.41 bits per heavy atom. The van der Waals surface area contributed by atoms with Gasteiger partial charge < -0.3 is 10.4 Å². The monoisotopic (exact) mass is 340 g/mol. The van der Waals surface area contributed by atoms with Gasteiger partial charge in [-0.15, -0.1) is 0 Å². The van der Waals surface area contributed by atoms with Gasteiger partial charge in [0.15, 0.2) is 5.75 Å². The smallest absolute Gasteiger partial charge is 0.261 e. The van der Waals surface area contributed by atoms with Gasteiger partial charge in [0.05, 0.1) is 21.3 Å². The van der Waals surface area contributed by atoms with Crippen LogP contribution in [0, 0.1) is 0 Å². The highest BCUT2D eigenvalue weighted by Crippen LogP contribution is 2.35. The number of phenols is 1. The van der Waals surface area contributed by atoms with Crippen molar-refractivity contribution >= 4 is 38.9 Å². The molecule has 3 N–H and O–H groups in total. The number of hydrogen-bond acceptors (Lipinski definition) is 4. The third-order valence-corrected chi connectivity index (χ3v) is 4.37. The number of carbonyl (C=O) groups is 1. The molecule has 6 nitrogen and oxygen atoms in total. The summed E-state index contributed by atoms with van der Waals surface area (Å²) in [6.07, 6.45) is 0. The number of carbonyl (C=O) groups excluding carboxylic acids is 1. The summed E-state index contributed by atoms with van der Waals surface area (Å²) in [5.74, 6) is -0.756. The Morgan fingerprint density at radius 2 is 1.82 bits per heavy atom. The Kier molecular flexibility index (Phi) is 4.58. The molecule has 22 heavy (non-hydrogen) atoms. The van der Waals surface area contributed by atoms with Crippen LogP contribution in [0.2, 0.25) is 5.02 Å². The molecule has 0 aliphatic carbocycles. The predicted octanol–water partition coefficient (Wildman–Crippen LogP) is 2.80. The van der Waals surface area contributed by atoms with Crippen molar-refractivity contribution in [3.05, 3.63) is 47.5 Å². The Hall–Kier alpha value is -2.25. The maximum absolute atomic E-state index is 12.2. The maximum atomic E-state index is 12.2.